The van der Waals surface area contributed by atoms with Crippen LogP contribution in [0.1, 0.15) is 62.3 Å². The molecule has 2 rings (SSSR count). The monoisotopic (exact) mass is 616 g/mol. The Kier molecular flexibility index (Phi) is 14.3. The van der Waals surface area contributed by atoms with E-state index in [-0.39, 0.29) is 44.2 Å². The zero-order valence-corrected chi connectivity index (χ0v) is 26.6. The molecule has 0 amide bonds. The van der Waals surface area contributed by atoms with Gasteiger partial charge in [0.1, 0.15) is 0 Å². The third-order valence-electron chi connectivity index (χ3n) is 4.85. The quantitative estimate of drug-likeness (QED) is 0.0832. The molecular weight excluding hydrogens is 594 g/mol. The first-order valence-corrected chi connectivity index (χ1v) is 12.5. The van der Waals surface area contributed by atoms with Crippen molar-refractivity contribution in [2.45, 2.75) is 41.5 Å². The molecule has 0 N–H and O–H groups in total. The molecule has 0 unspecified atom stereocenters. The number of ketones is 4. The van der Waals surface area contributed by atoms with E-state index in [9.17, 15) is 19.2 Å². The Balaban J connectivity index is 0.000000722. The van der Waals surface area contributed by atoms with Gasteiger partial charge < -0.3 is 10.8 Å². The van der Waals surface area contributed by atoms with E-state index in [1.807, 2.05) is 0 Å². The fraction of sp³-hybridized carbons (Fsp3) is 0.286. The molecule has 0 saturated heterocycles. The summed E-state index contributed by atoms with van der Waals surface area (Å²) in [6.07, 6.45) is 0. The van der Waals surface area contributed by atoms with Crippen LogP contribution < -0.4 is 0 Å². The molecule has 0 aliphatic carbocycles. The molecule has 0 radical (unpaired) electrons. The molecule has 0 spiro atoms. The van der Waals surface area contributed by atoms with E-state index in [1.54, 1.807) is 53.3 Å². The second-order valence-corrected chi connectivity index (χ2v) is 11.7. The maximum atomic E-state index is 12.2. The van der Waals surface area contributed by atoms with E-state index in [1.165, 1.54) is 36.4 Å². The molecule has 200 valence electrons. The van der Waals surface area contributed by atoms with Gasteiger partial charge in [-0.2, -0.15) is 0 Å². The Hall–Kier alpha value is -2.05. The van der Waals surface area contributed by atoms with E-state index >= 15 is 0 Å². The van der Waals surface area contributed by atoms with Crippen molar-refractivity contribution in [2.75, 3.05) is 0 Å². The number of rotatable bonds is 6. The van der Waals surface area contributed by atoms with Gasteiger partial charge in [0.25, 0.3) is 0 Å². The van der Waals surface area contributed by atoms with Gasteiger partial charge in [-0.1, -0.05) is 87.9 Å². The summed E-state index contributed by atoms with van der Waals surface area (Å²) < 4.78 is 0. The van der Waals surface area contributed by atoms with Crippen LogP contribution in [0.5, 0.6) is 0 Å². The summed E-state index contributed by atoms with van der Waals surface area (Å²) >= 11 is 23.3. The van der Waals surface area contributed by atoms with Crippen LogP contribution in [0, 0.1) is 10.8 Å². The summed E-state index contributed by atoms with van der Waals surface area (Å²) in [6.45, 7) is 9.85. The van der Waals surface area contributed by atoms with Crippen LogP contribution in [0.4, 0.5) is 0 Å². The van der Waals surface area contributed by atoms with Gasteiger partial charge in [-0.15, -0.1) is 0 Å². The van der Waals surface area contributed by atoms with Crippen molar-refractivity contribution < 1.29 is 19.2 Å². The minimum atomic E-state index is -0.806. The first-order valence-electron chi connectivity index (χ1n) is 11.0. The summed E-state index contributed by atoms with van der Waals surface area (Å²) in [5.74, 6) is 0.979. The number of benzene rings is 2. The Labute approximate surface area is 263 Å². The number of Topliss-reactive ketones (excluding diaryl/α,β-unsaturated/α-hetero) is 4. The fourth-order valence-electron chi connectivity index (χ4n) is 2.78. The van der Waals surface area contributed by atoms with Gasteiger partial charge in [0, 0.05) is 32.0 Å². The van der Waals surface area contributed by atoms with E-state index in [4.69, 9.17) is 57.2 Å². The van der Waals surface area contributed by atoms with Crippen LogP contribution in [0.2, 0.25) is 20.1 Å². The van der Waals surface area contributed by atoms with Gasteiger partial charge in [-0.3, -0.25) is 30.9 Å². The zero-order valence-electron chi connectivity index (χ0n) is 22.2. The van der Waals surface area contributed by atoms with Crippen LogP contribution in [-0.4, -0.2) is 57.9 Å². The molecular formula is C28H24Cl4MgN2O4. The summed E-state index contributed by atoms with van der Waals surface area (Å²) in [6, 6.07) is 8.56. The minimum Gasteiger partial charge on any atom is -0.763 e. The van der Waals surface area contributed by atoms with Crippen LogP contribution >= 0.6 is 46.4 Å². The molecule has 0 fully saturated rings. The van der Waals surface area contributed by atoms with E-state index < -0.39 is 45.1 Å². The largest absolute Gasteiger partial charge is 2.00 e. The van der Waals surface area contributed by atoms with Crippen molar-refractivity contribution in [1.29, 1.82) is 0 Å². The number of nitrogens with zero attached hydrogens (tertiary/aromatic N) is 2. The topological polar surface area (TPSA) is 113 Å². The van der Waals surface area contributed by atoms with E-state index in [0.717, 1.165) is 0 Å². The Morgan fingerprint density at radius 1 is 0.615 bits per heavy atom. The van der Waals surface area contributed by atoms with Crippen molar-refractivity contribution in [3.05, 3.63) is 89.6 Å². The normalized spacial score (nSPS) is 10.5. The molecule has 0 bridgehead atoms. The average Bonchev–Trinajstić information content (AvgIpc) is 2.79. The maximum absolute atomic E-state index is 12.2. The number of halogens is 4. The predicted molar refractivity (Wildman–Crippen MR) is 160 cm³/mol. The Morgan fingerprint density at radius 2 is 0.897 bits per heavy atom. The summed E-state index contributed by atoms with van der Waals surface area (Å²) in [5, 5.41) is 19.1. The van der Waals surface area contributed by atoms with Crippen LogP contribution in [0.3, 0.4) is 0 Å². The smallest absolute Gasteiger partial charge is 0.763 e. The summed E-state index contributed by atoms with van der Waals surface area (Å²) in [5.41, 5.74) is -2.26. The molecule has 0 aliphatic heterocycles. The predicted octanol–water partition coefficient (Wildman–Crippen LogP) is 7.53. The molecule has 2 aromatic rings. The third-order valence-corrected chi connectivity index (χ3v) is 5.94. The van der Waals surface area contributed by atoms with Crippen molar-refractivity contribution in [2.24, 2.45) is 10.8 Å². The number of carbonyl (C=O) groups excluding carboxylic acids is 4. The summed E-state index contributed by atoms with van der Waals surface area (Å²) in [4.78, 5) is 48.5. The fourth-order valence-corrected chi connectivity index (χ4v) is 3.76. The maximum Gasteiger partial charge on any atom is 2.00 e. The van der Waals surface area contributed by atoms with Gasteiger partial charge in [0.15, 0.2) is 11.6 Å². The first kappa shape index (κ1) is 36.9. The van der Waals surface area contributed by atoms with Crippen molar-refractivity contribution in [1.82, 2.24) is 0 Å². The Bertz CT molecular complexity index is 1300. The SMILES string of the molecule is CC(C)(C)C(=O)C(=C=[N-])C(=O)c1ccc(Cl)cc1Cl.CC(C)(C)C(=O)C(=C=[N-])C(=O)c1ccc(Cl)cc1Cl.[Mg+2]. The van der Waals surface area contributed by atoms with Crippen molar-refractivity contribution in [3.8, 4) is 0 Å². The van der Waals surface area contributed by atoms with Gasteiger partial charge >= 0.3 is 23.1 Å². The van der Waals surface area contributed by atoms with Crippen molar-refractivity contribution >= 4 is 104 Å². The van der Waals surface area contributed by atoms with Gasteiger partial charge in [0.05, 0.1) is 21.2 Å². The molecule has 11 heteroatoms. The first-order chi connectivity index (χ1) is 17.4. The molecule has 39 heavy (non-hydrogen) atoms. The second kappa shape index (κ2) is 15.1. The van der Waals surface area contributed by atoms with E-state index in [0.29, 0.717) is 10.0 Å². The number of hydrogen-bond acceptors (Lipinski definition) is 4. The average molecular weight is 619 g/mol. The molecule has 0 aliphatic rings. The van der Waals surface area contributed by atoms with Crippen LogP contribution in [-0.2, 0) is 9.59 Å². The molecule has 0 saturated carbocycles. The van der Waals surface area contributed by atoms with Gasteiger partial charge in [-0.05, 0) is 36.4 Å². The molecule has 0 atom stereocenters. The standard InChI is InChI=1S/2C14H12Cl2NO2.Mg/c2*1-14(2,3)13(19)10(7-17)12(18)9-5-4-8(15)6-11(9)16;/h2*4-6H,1-3H3;/q2*-1;+2. The van der Waals surface area contributed by atoms with Crippen LogP contribution in [0.15, 0.2) is 47.5 Å². The number of carbonyl (C=O) groups is 4. The number of allylic oxidation sites excluding steroid dienone is 2. The molecule has 0 aromatic heterocycles. The second-order valence-electron chi connectivity index (χ2n) is 10.0. The van der Waals surface area contributed by atoms with Crippen molar-refractivity contribution in [3.63, 3.8) is 0 Å². The molecule has 6 nitrogen and oxygen atoms in total. The number of hydrogen-bond donors (Lipinski definition) is 0. The Morgan fingerprint density at radius 3 is 1.10 bits per heavy atom. The molecule has 2 aromatic carbocycles. The van der Waals surface area contributed by atoms with Gasteiger partial charge in [0.2, 0.25) is 11.6 Å². The third kappa shape index (κ3) is 10.1. The molecule has 0 heterocycles. The zero-order chi connectivity index (χ0) is 29.6. The minimum absolute atomic E-state index is 0. The van der Waals surface area contributed by atoms with Crippen LogP contribution in [0.25, 0.3) is 10.8 Å². The van der Waals surface area contributed by atoms with E-state index in [2.05, 4.69) is 0 Å². The summed E-state index contributed by atoms with van der Waals surface area (Å²) in [7, 11) is 0. The van der Waals surface area contributed by atoms with Gasteiger partial charge in [-0.25, -0.2) is 0 Å².